The Morgan fingerprint density at radius 2 is 2.11 bits per heavy atom. The third kappa shape index (κ3) is 3.11. The lowest BCUT2D eigenvalue weighted by molar-refractivity contribution is 0.282. The summed E-state index contributed by atoms with van der Waals surface area (Å²) in [4.78, 5) is 0.172. The Morgan fingerprint density at radius 3 is 2.58 bits per heavy atom. The molecule has 0 radical (unpaired) electrons. The smallest absolute Gasteiger partial charge is 0.242 e. The monoisotopic (exact) mass is 303 g/mol. The molecule has 0 amide bonds. The van der Waals surface area contributed by atoms with Crippen LogP contribution in [0.3, 0.4) is 0 Å². The minimum absolute atomic E-state index is 0.172. The van der Waals surface area contributed by atoms with Crippen LogP contribution in [0, 0.1) is 11.8 Å². The number of halogens is 1. The van der Waals surface area contributed by atoms with Crippen LogP contribution >= 0.6 is 11.6 Å². The van der Waals surface area contributed by atoms with Gasteiger partial charge in [-0.1, -0.05) is 24.6 Å². The van der Waals surface area contributed by atoms with Crippen LogP contribution in [-0.4, -0.2) is 31.4 Å². The molecule has 1 saturated carbocycles. The summed E-state index contributed by atoms with van der Waals surface area (Å²) in [6.45, 7) is 2.47. The second kappa shape index (κ2) is 5.40. The molecule has 1 aliphatic rings. The fraction of sp³-hybridized carbons (Fsp3) is 0.538. The highest BCUT2D eigenvalue weighted by Gasteiger charge is 2.36. The summed E-state index contributed by atoms with van der Waals surface area (Å²) in [5.74, 6) is 1.07. The highest BCUT2D eigenvalue weighted by Crippen LogP contribution is 2.38. The van der Waals surface area contributed by atoms with E-state index in [4.69, 9.17) is 16.7 Å². The van der Waals surface area contributed by atoms with E-state index in [1.54, 1.807) is 13.1 Å². The van der Waals surface area contributed by atoms with E-state index in [-0.39, 0.29) is 16.5 Å². The molecule has 19 heavy (non-hydrogen) atoms. The molecule has 1 aromatic carbocycles. The van der Waals surface area contributed by atoms with Gasteiger partial charge in [-0.25, -0.2) is 12.7 Å². The van der Waals surface area contributed by atoms with Gasteiger partial charge in [0, 0.05) is 18.6 Å². The SMILES string of the molecule is CC1CC1CN(C)S(=O)(=O)c1ccc(CO)c(Cl)c1. The van der Waals surface area contributed by atoms with Gasteiger partial charge < -0.3 is 5.11 Å². The first-order valence-electron chi connectivity index (χ1n) is 6.22. The van der Waals surface area contributed by atoms with Gasteiger partial charge in [0.2, 0.25) is 10.0 Å². The van der Waals surface area contributed by atoms with Crippen molar-refractivity contribution in [3.8, 4) is 0 Å². The summed E-state index contributed by atoms with van der Waals surface area (Å²) in [6.07, 6.45) is 1.09. The average molecular weight is 304 g/mol. The van der Waals surface area contributed by atoms with Crippen molar-refractivity contribution < 1.29 is 13.5 Å². The molecule has 4 nitrogen and oxygen atoms in total. The summed E-state index contributed by atoms with van der Waals surface area (Å²) < 4.78 is 26.1. The van der Waals surface area contributed by atoms with Gasteiger partial charge in [-0.2, -0.15) is 0 Å². The van der Waals surface area contributed by atoms with Crippen molar-refractivity contribution in [2.45, 2.75) is 24.8 Å². The van der Waals surface area contributed by atoms with E-state index in [0.29, 0.717) is 23.9 Å². The number of rotatable bonds is 5. The van der Waals surface area contributed by atoms with E-state index < -0.39 is 10.0 Å². The maximum absolute atomic E-state index is 12.4. The highest BCUT2D eigenvalue weighted by atomic mass is 35.5. The number of sulfonamides is 1. The molecular weight excluding hydrogens is 286 g/mol. The lowest BCUT2D eigenvalue weighted by Gasteiger charge is -2.17. The van der Waals surface area contributed by atoms with Gasteiger partial charge in [-0.15, -0.1) is 0 Å². The third-order valence-electron chi connectivity index (χ3n) is 3.67. The van der Waals surface area contributed by atoms with Crippen molar-refractivity contribution >= 4 is 21.6 Å². The number of aliphatic hydroxyl groups is 1. The maximum atomic E-state index is 12.4. The molecular formula is C13H18ClNO3S. The molecule has 2 unspecified atom stereocenters. The molecule has 0 heterocycles. The Labute approximate surface area is 119 Å². The fourth-order valence-corrected chi connectivity index (χ4v) is 3.64. The molecule has 6 heteroatoms. The third-order valence-corrected chi connectivity index (χ3v) is 5.84. The molecule has 1 aliphatic carbocycles. The zero-order valence-corrected chi connectivity index (χ0v) is 12.6. The van der Waals surface area contributed by atoms with Crippen LogP contribution in [0.2, 0.25) is 5.02 Å². The number of hydrogen-bond donors (Lipinski definition) is 1. The van der Waals surface area contributed by atoms with Gasteiger partial charge in [-0.05, 0) is 36.0 Å². The molecule has 0 aromatic heterocycles. The summed E-state index contributed by atoms with van der Waals surface area (Å²) in [5, 5.41) is 9.31. The first-order chi connectivity index (χ1) is 8.86. The second-order valence-electron chi connectivity index (χ2n) is 5.17. The van der Waals surface area contributed by atoms with Crippen molar-refractivity contribution in [3.05, 3.63) is 28.8 Å². The fourth-order valence-electron chi connectivity index (χ4n) is 2.08. The summed E-state index contributed by atoms with van der Waals surface area (Å²) >= 11 is 5.94. The van der Waals surface area contributed by atoms with Crippen LogP contribution in [0.4, 0.5) is 0 Å². The second-order valence-corrected chi connectivity index (χ2v) is 7.62. The minimum atomic E-state index is -3.50. The molecule has 106 valence electrons. The zero-order valence-electron chi connectivity index (χ0n) is 11.0. The Morgan fingerprint density at radius 1 is 1.47 bits per heavy atom. The summed E-state index contributed by atoms with van der Waals surface area (Å²) in [5.41, 5.74) is 0.527. The predicted octanol–water partition coefficient (Wildman–Crippen LogP) is 2.11. The average Bonchev–Trinajstić information content (AvgIpc) is 3.04. The number of nitrogens with zero attached hydrogens (tertiary/aromatic N) is 1. The van der Waals surface area contributed by atoms with Crippen molar-refractivity contribution in [3.63, 3.8) is 0 Å². The molecule has 1 aromatic rings. The molecule has 1 N–H and O–H groups in total. The zero-order chi connectivity index (χ0) is 14.2. The molecule has 2 rings (SSSR count). The standard InChI is InChI=1S/C13H18ClNO3S/c1-9-5-11(9)7-15(2)19(17,18)12-4-3-10(8-16)13(14)6-12/h3-4,6,9,11,16H,5,7-8H2,1-2H3. The van der Waals surface area contributed by atoms with Crippen LogP contribution in [0.25, 0.3) is 0 Å². The van der Waals surface area contributed by atoms with Crippen LogP contribution < -0.4 is 0 Å². The first-order valence-corrected chi connectivity index (χ1v) is 8.03. The van der Waals surface area contributed by atoms with E-state index >= 15 is 0 Å². The highest BCUT2D eigenvalue weighted by molar-refractivity contribution is 7.89. The van der Waals surface area contributed by atoms with Crippen LogP contribution in [0.1, 0.15) is 18.9 Å². The van der Waals surface area contributed by atoms with E-state index in [2.05, 4.69) is 6.92 Å². The van der Waals surface area contributed by atoms with Gasteiger partial charge >= 0.3 is 0 Å². The Kier molecular flexibility index (Phi) is 4.20. The van der Waals surface area contributed by atoms with Crippen molar-refractivity contribution in [2.75, 3.05) is 13.6 Å². The first kappa shape index (κ1) is 14.8. The molecule has 0 spiro atoms. The van der Waals surface area contributed by atoms with E-state index in [9.17, 15) is 8.42 Å². The number of hydrogen-bond acceptors (Lipinski definition) is 3. The summed E-state index contributed by atoms with van der Waals surface area (Å²) in [7, 11) is -1.91. The Bertz CT molecular complexity index is 573. The van der Waals surface area contributed by atoms with Gasteiger partial charge in [0.05, 0.1) is 11.5 Å². The van der Waals surface area contributed by atoms with Gasteiger partial charge in [0.1, 0.15) is 0 Å². The topological polar surface area (TPSA) is 57.6 Å². The van der Waals surface area contributed by atoms with Crippen molar-refractivity contribution in [2.24, 2.45) is 11.8 Å². The quantitative estimate of drug-likeness (QED) is 0.906. The molecule has 0 bridgehead atoms. The van der Waals surface area contributed by atoms with Crippen LogP contribution in [0.15, 0.2) is 23.1 Å². The lowest BCUT2D eigenvalue weighted by atomic mass is 10.2. The van der Waals surface area contributed by atoms with Gasteiger partial charge in [0.25, 0.3) is 0 Å². The van der Waals surface area contributed by atoms with E-state index in [0.717, 1.165) is 6.42 Å². The Balaban J connectivity index is 2.21. The normalized spacial score (nSPS) is 22.8. The molecule has 1 fully saturated rings. The van der Waals surface area contributed by atoms with Crippen molar-refractivity contribution in [1.29, 1.82) is 0 Å². The van der Waals surface area contributed by atoms with Gasteiger partial charge in [0.15, 0.2) is 0 Å². The molecule has 2 atom stereocenters. The lowest BCUT2D eigenvalue weighted by Crippen LogP contribution is -2.29. The maximum Gasteiger partial charge on any atom is 0.242 e. The predicted molar refractivity (Wildman–Crippen MR) is 74.5 cm³/mol. The molecule has 0 aliphatic heterocycles. The number of benzene rings is 1. The molecule has 0 saturated heterocycles. The van der Waals surface area contributed by atoms with Crippen molar-refractivity contribution in [1.82, 2.24) is 4.31 Å². The Hall–Kier alpha value is -0.620. The van der Waals surface area contributed by atoms with E-state index in [1.807, 2.05) is 0 Å². The minimum Gasteiger partial charge on any atom is -0.392 e. The summed E-state index contributed by atoms with van der Waals surface area (Å²) in [6, 6.07) is 4.43. The van der Waals surface area contributed by atoms with E-state index in [1.165, 1.54) is 16.4 Å². The number of aliphatic hydroxyl groups excluding tert-OH is 1. The van der Waals surface area contributed by atoms with Crippen LogP contribution in [-0.2, 0) is 16.6 Å². The van der Waals surface area contributed by atoms with Gasteiger partial charge in [-0.3, -0.25) is 0 Å². The largest absolute Gasteiger partial charge is 0.392 e. The van der Waals surface area contributed by atoms with Crippen LogP contribution in [0.5, 0.6) is 0 Å².